The number of aromatic nitrogens is 1. The molecule has 9 heteroatoms. The molecule has 1 atom stereocenters. The van der Waals surface area contributed by atoms with Gasteiger partial charge in [-0.2, -0.15) is 5.26 Å². The number of halogens is 1. The Kier molecular flexibility index (Phi) is 7.35. The van der Waals surface area contributed by atoms with Crippen LogP contribution in [0, 0.1) is 24.2 Å². The van der Waals surface area contributed by atoms with Crippen molar-refractivity contribution in [1.29, 1.82) is 5.26 Å². The summed E-state index contributed by atoms with van der Waals surface area (Å²) < 4.78 is 0. The Morgan fingerprint density at radius 2 is 2.03 bits per heavy atom. The van der Waals surface area contributed by atoms with Crippen LogP contribution in [0.1, 0.15) is 46.8 Å². The standard InChI is InChI=1S/C25H29ClN6O2/c1-16-14-31(5-6-32(16)25(34)29-11-18-3-4-18)15-21-7-19(10-27)8-23(17(21)2)30-24(33)20-9-22(26)13-28-12-20/h7-9,12-13,16,18H,3-6,11,14-15H2,1-2H3,(H,29,34)(H,30,33)/t16-/m0/s1. The van der Waals surface area contributed by atoms with Gasteiger partial charge in [-0.1, -0.05) is 11.6 Å². The van der Waals surface area contributed by atoms with Gasteiger partial charge in [0.1, 0.15) is 0 Å². The Hall–Kier alpha value is -3.15. The minimum absolute atomic E-state index is 0.0159. The lowest BCUT2D eigenvalue weighted by molar-refractivity contribution is 0.0973. The number of amides is 3. The van der Waals surface area contributed by atoms with E-state index in [1.165, 1.54) is 25.2 Å². The molecule has 3 amide bonds. The first kappa shape index (κ1) is 24.0. The number of nitriles is 1. The lowest BCUT2D eigenvalue weighted by Gasteiger charge is -2.40. The summed E-state index contributed by atoms with van der Waals surface area (Å²) in [4.78, 5) is 33.4. The molecule has 0 bridgehead atoms. The highest BCUT2D eigenvalue weighted by Gasteiger charge is 2.29. The van der Waals surface area contributed by atoms with Crippen LogP contribution in [0.4, 0.5) is 10.5 Å². The third-order valence-corrected chi connectivity index (χ3v) is 6.67. The van der Waals surface area contributed by atoms with E-state index in [0.717, 1.165) is 30.8 Å². The van der Waals surface area contributed by atoms with Gasteiger partial charge in [-0.25, -0.2) is 4.79 Å². The number of rotatable bonds is 6. The number of nitrogens with one attached hydrogen (secondary N) is 2. The summed E-state index contributed by atoms with van der Waals surface area (Å²) in [5.74, 6) is 0.319. The maximum Gasteiger partial charge on any atom is 0.317 e. The Morgan fingerprint density at radius 1 is 1.24 bits per heavy atom. The van der Waals surface area contributed by atoms with Gasteiger partial charge in [0.25, 0.3) is 5.91 Å². The number of piperazine rings is 1. The summed E-state index contributed by atoms with van der Waals surface area (Å²) in [6, 6.07) is 7.39. The van der Waals surface area contributed by atoms with Crippen LogP contribution < -0.4 is 10.6 Å². The molecule has 8 nitrogen and oxygen atoms in total. The third kappa shape index (κ3) is 5.85. The summed E-state index contributed by atoms with van der Waals surface area (Å²) in [5, 5.41) is 15.9. The number of pyridine rings is 1. The number of nitrogens with zero attached hydrogens (tertiary/aromatic N) is 4. The van der Waals surface area contributed by atoms with E-state index >= 15 is 0 Å². The van der Waals surface area contributed by atoms with Gasteiger partial charge in [0.2, 0.25) is 0 Å². The van der Waals surface area contributed by atoms with E-state index in [2.05, 4.69) is 33.5 Å². The molecule has 0 spiro atoms. The molecular weight excluding hydrogens is 452 g/mol. The molecule has 2 aromatic rings. The fourth-order valence-electron chi connectivity index (χ4n) is 4.24. The zero-order chi connectivity index (χ0) is 24.2. The number of hydrogen-bond acceptors (Lipinski definition) is 5. The van der Waals surface area contributed by atoms with Crippen LogP contribution in [0.25, 0.3) is 0 Å². The topological polar surface area (TPSA) is 101 Å². The molecular formula is C25H29ClN6O2. The molecule has 34 heavy (non-hydrogen) atoms. The quantitative estimate of drug-likeness (QED) is 0.655. The van der Waals surface area contributed by atoms with Crippen LogP contribution >= 0.6 is 11.6 Å². The van der Waals surface area contributed by atoms with Crippen LogP contribution in [0.5, 0.6) is 0 Å². The average Bonchev–Trinajstić information content (AvgIpc) is 3.64. The van der Waals surface area contributed by atoms with Gasteiger partial charge in [0, 0.05) is 56.8 Å². The largest absolute Gasteiger partial charge is 0.338 e. The minimum Gasteiger partial charge on any atom is -0.338 e. The normalized spacial score (nSPS) is 18.3. The Morgan fingerprint density at radius 3 is 2.71 bits per heavy atom. The van der Waals surface area contributed by atoms with E-state index < -0.39 is 0 Å². The monoisotopic (exact) mass is 480 g/mol. The Bertz CT molecular complexity index is 1130. The first-order chi connectivity index (χ1) is 16.3. The van der Waals surface area contributed by atoms with Crippen molar-refractivity contribution >= 4 is 29.2 Å². The molecule has 1 aliphatic carbocycles. The molecule has 4 rings (SSSR count). The van der Waals surface area contributed by atoms with E-state index in [0.29, 0.717) is 40.8 Å². The number of urea groups is 1. The molecule has 1 saturated heterocycles. The molecule has 178 valence electrons. The predicted molar refractivity (Wildman–Crippen MR) is 131 cm³/mol. The third-order valence-electron chi connectivity index (χ3n) is 6.46. The maximum absolute atomic E-state index is 12.7. The smallest absolute Gasteiger partial charge is 0.317 e. The number of hydrogen-bond donors (Lipinski definition) is 2. The van der Waals surface area contributed by atoms with E-state index in [4.69, 9.17) is 11.6 Å². The van der Waals surface area contributed by atoms with Crippen LogP contribution in [0.2, 0.25) is 5.02 Å². The molecule has 2 aliphatic rings. The van der Waals surface area contributed by atoms with Crippen molar-refractivity contribution in [3.8, 4) is 6.07 Å². The second kappa shape index (κ2) is 10.4. The van der Waals surface area contributed by atoms with Crippen LogP contribution in [0.15, 0.2) is 30.6 Å². The van der Waals surface area contributed by atoms with Gasteiger partial charge in [-0.15, -0.1) is 0 Å². The molecule has 0 unspecified atom stereocenters. The van der Waals surface area contributed by atoms with Crippen LogP contribution in [0.3, 0.4) is 0 Å². The van der Waals surface area contributed by atoms with Crippen molar-refractivity contribution in [2.75, 3.05) is 31.5 Å². The van der Waals surface area contributed by atoms with Gasteiger partial charge in [-0.3, -0.25) is 14.7 Å². The molecule has 0 radical (unpaired) electrons. The SMILES string of the molecule is Cc1c(CN2CCN(C(=O)NCC3CC3)[C@@H](C)C2)cc(C#N)cc1NC(=O)c1cncc(Cl)c1. The Balaban J connectivity index is 1.43. The van der Waals surface area contributed by atoms with Gasteiger partial charge in [-0.05, 0) is 61.9 Å². The molecule has 1 aromatic carbocycles. The van der Waals surface area contributed by atoms with Crippen LogP contribution in [-0.2, 0) is 6.54 Å². The summed E-state index contributed by atoms with van der Waals surface area (Å²) in [6.45, 7) is 7.53. The van der Waals surface area contributed by atoms with E-state index in [1.807, 2.05) is 17.9 Å². The van der Waals surface area contributed by atoms with Gasteiger partial charge in [0.15, 0.2) is 0 Å². The lowest BCUT2D eigenvalue weighted by Crippen LogP contribution is -2.56. The van der Waals surface area contributed by atoms with Crippen molar-refractivity contribution < 1.29 is 9.59 Å². The molecule has 2 heterocycles. The average molecular weight is 481 g/mol. The summed E-state index contributed by atoms with van der Waals surface area (Å²) in [7, 11) is 0. The van der Waals surface area contributed by atoms with Crippen molar-refractivity contribution in [3.05, 3.63) is 57.9 Å². The van der Waals surface area contributed by atoms with Gasteiger partial charge in [0.05, 0.1) is 22.2 Å². The van der Waals surface area contributed by atoms with E-state index in [9.17, 15) is 14.9 Å². The number of carbonyl (C=O) groups excluding carboxylic acids is 2. The first-order valence-corrected chi connectivity index (χ1v) is 11.9. The minimum atomic E-state index is -0.335. The molecule has 1 saturated carbocycles. The predicted octanol–water partition coefficient (Wildman–Crippen LogP) is 3.79. The van der Waals surface area contributed by atoms with Crippen molar-refractivity contribution in [3.63, 3.8) is 0 Å². The van der Waals surface area contributed by atoms with Crippen molar-refractivity contribution in [2.24, 2.45) is 5.92 Å². The fourth-order valence-corrected chi connectivity index (χ4v) is 4.41. The fraction of sp³-hybridized carbons (Fsp3) is 0.440. The highest BCUT2D eigenvalue weighted by molar-refractivity contribution is 6.30. The number of carbonyl (C=O) groups is 2. The first-order valence-electron chi connectivity index (χ1n) is 11.6. The summed E-state index contributed by atoms with van der Waals surface area (Å²) in [6.07, 6.45) is 5.34. The van der Waals surface area contributed by atoms with Crippen molar-refractivity contribution in [1.82, 2.24) is 20.1 Å². The molecule has 2 fully saturated rings. The molecule has 1 aromatic heterocycles. The highest BCUT2D eigenvalue weighted by Crippen LogP contribution is 2.28. The molecule has 2 N–H and O–H groups in total. The molecule has 1 aliphatic heterocycles. The second-order valence-electron chi connectivity index (χ2n) is 9.17. The van der Waals surface area contributed by atoms with E-state index in [1.54, 1.807) is 12.1 Å². The zero-order valence-electron chi connectivity index (χ0n) is 19.5. The number of anilines is 1. The second-order valence-corrected chi connectivity index (χ2v) is 9.61. The summed E-state index contributed by atoms with van der Waals surface area (Å²) >= 11 is 5.96. The summed E-state index contributed by atoms with van der Waals surface area (Å²) in [5.41, 5.74) is 3.29. The highest BCUT2D eigenvalue weighted by atomic mass is 35.5. The maximum atomic E-state index is 12.7. The zero-order valence-corrected chi connectivity index (χ0v) is 20.2. The Labute approximate surface area is 204 Å². The lowest BCUT2D eigenvalue weighted by atomic mass is 10.0. The van der Waals surface area contributed by atoms with Gasteiger partial charge < -0.3 is 15.5 Å². The van der Waals surface area contributed by atoms with Crippen molar-refractivity contribution in [2.45, 2.75) is 39.3 Å². The van der Waals surface area contributed by atoms with E-state index in [-0.39, 0.29) is 18.0 Å². The number of benzene rings is 1. The van der Waals surface area contributed by atoms with Gasteiger partial charge >= 0.3 is 6.03 Å². The van der Waals surface area contributed by atoms with Crippen LogP contribution in [-0.4, -0.2) is 58.9 Å².